The highest BCUT2D eigenvalue weighted by Crippen LogP contribution is 2.41. The lowest BCUT2D eigenvalue weighted by molar-refractivity contribution is -0.0879. The first-order valence-corrected chi connectivity index (χ1v) is 9.14. The molecule has 0 N–H and O–H groups in total. The van der Waals surface area contributed by atoms with Gasteiger partial charge in [0.25, 0.3) is 0 Å². The first-order valence-electron chi connectivity index (χ1n) is 9.14. The molecule has 2 aliphatic rings. The molecule has 2 unspecified atom stereocenters. The van der Waals surface area contributed by atoms with Crippen LogP contribution in [-0.4, -0.2) is 48.4 Å². The van der Waals surface area contributed by atoms with Crippen molar-refractivity contribution in [3.63, 3.8) is 0 Å². The van der Waals surface area contributed by atoms with E-state index >= 15 is 0 Å². The monoisotopic (exact) mass is 328 g/mol. The summed E-state index contributed by atoms with van der Waals surface area (Å²) in [6.45, 7) is 12.3. The van der Waals surface area contributed by atoms with Gasteiger partial charge in [-0.1, -0.05) is 18.2 Å². The molecule has 0 bridgehead atoms. The summed E-state index contributed by atoms with van der Waals surface area (Å²) in [4.78, 5) is 2.54. The Morgan fingerprint density at radius 3 is 2.67 bits per heavy atom. The van der Waals surface area contributed by atoms with E-state index in [9.17, 15) is 0 Å². The summed E-state index contributed by atoms with van der Waals surface area (Å²) < 4.78 is 14.4. The van der Waals surface area contributed by atoms with Crippen molar-refractivity contribution in [2.45, 2.75) is 45.4 Å². The Morgan fingerprint density at radius 2 is 1.88 bits per heavy atom. The van der Waals surface area contributed by atoms with Gasteiger partial charge in [0.05, 0.1) is 25.5 Å². The molecule has 1 aromatic carbocycles. The molecule has 1 fully saturated rings. The van der Waals surface area contributed by atoms with E-state index in [2.05, 4.69) is 54.5 Å². The van der Waals surface area contributed by atoms with Gasteiger partial charge >= 0.3 is 0 Å². The van der Waals surface area contributed by atoms with E-state index in [1.54, 1.807) is 0 Å². The van der Waals surface area contributed by atoms with Crippen molar-refractivity contribution in [2.75, 3.05) is 32.9 Å². The van der Waals surface area contributed by atoms with Gasteiger partial charge in [0.1, 0.15) is 5.60 Å². The van der Waals surface area contributed by atoms with Crippen molar-refractivity contribution in [3.8, 4) is 0 Å². The zero-order valence-corrected chi connectivity index (χ0v) is 15.0. The molecule has 24 heavy (non-hydrogen) atoms. The van der Waals surface area contributed by atoms with E-state index in [0.29, 0.717) is 6.04 Å². The molecule has 4 heteroatoms. The molecule has 0 spiro atoms. The lowest BCUT2D eigenvalue weighted by Crippen LogP contribution is -2.47. The predicted molar refractivity (Wildman–Crippen MR) is 96.5 cm³/mol. The average molecular weight is 328 g/mol. The zero-order chi connectivity index (χ0) is 16.7. The minimum absolute atomic E-state index is 0.223. The minimum Gasteiger partial charge on any atom is -0.379 e. The number of hydrogen-bond donors (Lipinski definition) is 0. The predicted octanol–water partition coefficient (Wildman–Crippen LogP) is 3.31. The second-order valence-electron chi connectivity index (χ2n) is 7.42. The van der Waals surface area contributed by atoms with E-state index in [-0.39, 0.29) is 5.60 Å². The Balaban J connectivity index is 1.69. The normalized spacial score (nSPS) is 26.5. The van der Waals surface area contributed by atoms with E-state index in [0.717, 1.165) is 45.9 Å². The highest BCUT2D eigenvalue weighted by Gasteiger charge is 2.39. The molecule has 2 aliphatic heterocycles. The van der Waals surface area contributed by atoms with E-state index in [1.165, 1.54) is 22.2 Å². The van der Waals surface area contributed by atoms with Crippen LogP contribution in [0.15, 0.2) is 24.3 Å². The maximum Gasteiger partial charge on any atom is 0.107 e. The van der Waals surface area contributed by atoms with Crippen LogP contribution >= 0.6 is 0 Å². The number of nitrogens with zero attached hydrogens (tertiary/aromatic N) is 2. The van der Waals surface area contributed by atoms with Gasteiger partial charge in [0, 0.05) is 36.6 Å². The fourth-order valence-electron chi connectivity index (χ4n) is 4.69. The molecular formula is C20H28N2O2. The van der Waals surface area contributed by atoms with Gasteiger partial charge in [-0.25, -0.2) is 0 Å². The molecule has 2 aromatic rings. The van der Waals surface area contributed by atoms with Crippen molar-refractivity contribution < 1.29 is 9.47 Å². The summed E-state index contributed by atoms with van der Waals surface area (Å²) in [7, 11) is 0. The summed E-state index contributed by atoms with van der Waals surface area (Å²) >= 11 is 0. The average Bonchev–Trinajstić information content (AvgIpc) is 2.90. The van der Waals surface area contributed by atoms with Gasteiger partial charge in [-0.3, -0.25) is 4.90 Å². The highest BCUT2D eigenvalue weighted by molar-refractivity contribution is 5.85. The van der Waals surface area contributed by atoms with Crippen LogP contribution in [0.3, 0.4) is 0 Å². The molecular weight excluding hydrogens is 300 g/mol. The van der Waals surface area contributed by atoms with Crippen LogP contribution in [0, 0.1) is 6.92 Å². The van der Waals surface area contributed by atoms with Crippen LogP contribution < -0.4 is 0 Å². The van der Waals surface area contributed by atoms with E-state index < -0.39 is 0 Å². The zero-order valence-electron chi connectivity index (χ0n) is 15.0. The summed E-state index contributed by atoms with van der Waals surface area (Å²) in [6.07, 6.45) is 1.02. The van der Waals surface area contributed by atoms with Crippen molar-refractivity contribution in [3.05, 3.63) is 35.5 Å². The molecule has 0 saturated carbocycles. The molecule has 0 radical (unpaired) electrons. The molecule has 1 aromatic heterocycles. The number of ether oxygens (including phenoxy) is 2. The van der Waals surface area contributed by atoms with E-state index in [1.807, 2.05) is 0 Å². The molecule has 130 valence electrons. The molecule has 4 nitrogen and oxygen atoms in total. The van der Waals surface area contributed by atoms with Crippen molar-refractivity contribution in [1.29, 1.82) is 0 Å². The number of para-hydroxylation sites is 1. The first-order chi connectivity index (χ1) is 11.6. The fraction of sp³-hybridized carbons (Fsp3) is 0.600. The maximum atomic E-state index is 6.39. The highest BCUT2D eigenvalue weighted by atomic mass is 16.5. The maximum absolute atomic E-state index is 6.39. The van der Waals surface area contributed by atoms with Crippen LogP contribution in [0.25, 0.3) is 10.9 Å². The SMILES string of the molecule is Cc1c2n(c3ccccc13)CCOC2(C)CC(C)N1CCOCC1. The van der Waals surface area contributed by atoms with Crippen molar-refractivity contribution in [1.82, 2.24) is 9.47 Å². The third kappa shape index (κ3) is 2.57. The summed E-state index contributed by atoms with van der Waals surface area (Å²) in [5.74, 6) is 0. The lowest BCUT2D eigenvalue weighted by atomic mass is 9.89. The first kappa shape index (κ1) is 16.1. The molecule has 2 atom stereocenters. The van der Waals surface area contributed by atoms with Gasteiger partial charge < -0.3 is 14.0 Å². The number of rotatable bonds is 3. The second kappa shape index (κ2) is 6.17. The molecule has 4 rings (SSSR count). The summed E-state index contributed by atoms with van der Waals surface area (Å²) in [5.41, 5.74) is 3.87. The van der Waals surface area contributed by atoms with Crippen LogP contribution in [-0.2, 0) is 21.6 Å². The third-order valence-corrected chi connectivity index (χ3v) is 5.81. The largest absolute Gasteiger partial charge is 0.379 e. The number of hydrogen-bond acceptors (Lipinski definition) is 3. The number of aryl methyl sites for hydroxylation is 1. The molecule has 1 saturated heterocycles. The number of aromatic nitrogens is 1. The van der Waals surface area contributed by atoms with Crippen LogP contribution in [0.5, 0.6) is 0 Å². The van der Waals surface area contributed by atoms with Gasteiger partial charge in [-0.2, -0.15) is 0 Å². The topological polar surface area (TPSA) is 26.6 Å². The Hall–Kier alpha value is -1.36. The Kier molecular flexibility index (Phi) is 4.15. The van der Waals surface area contributed by atoms with Crippen LogP contribution in [0.2, 0.25) is 0 Å². The Morgan fingerprint density at radius 1 is 1.12 bits per heavy atom. The lowest BCUT2D eigenvalue weighted by Gasteiger charge is -2.41. The van der Waals surface area contributed by atoms with Gasteiger partial charge in [0.15, 0.2) is 0 Å². The standard InChI is InChI=1S/C20H28N2O2/c1-15(21-8-11-23-12-9-21)14-20(3)19-16(2)17-6-4-5-7-18(17)22(19)10-13-24-20/h4-7,15H,8-14H2,1-3H3. The number of benzene rings is 1. The van der Waals surface area contributed by atoms with Gasteiger partial charge in [-0.05, 0) is 38.8 Å². The fourth-order valence-corrected chi connectivity index (χ4v) is 4.69. The molecule has 0 amide bonds. The van der Waals surface area contributed by atoms with Crippen molar-refractivity contribution >= 4 is 10.9 Å². The third-order valence-electron chi connectivity index (χ3n) is 5.81. The number of fused-ring (bicyclic) bond motifs is 3. The molecule has 0 aliphatic carbocycles. The van der Waals surface area contributed by atoms with Crippen LogP contribution in [0.4, 0.5) is 0 Å². The Bertz CT molecular complexity index is 733. The van der Waals surface area contributed by atoms with Gasteiger partial charge in [-0.15, -0.1) is 0 Å². The number of morpholine rings is 1. The van der Waals surface area contributed by atoms with E-state index in [4.69, 9.17) is 9.47 Å². The smallest absolute Gasteiger partial charge is 0.107 e. The minimum atomic E-state index is -0.223. The molecule has 3 heterocycles. The summed E-state index contributed by atoms with van der Waals surface area (Å²) in [6, 6.07) is 9.24. The summed E-state index contributed by atoms with van der Waals surface area (Å²) in [5, 5.41) is 1.36. The Labute approximate surface area is 144 Å². The van der Waals surface area contributed by atoms with Crippen molar-refractivity contribution in [2.24, 2.45) is 0 Å². The van der Waals surface area contributed by atoms with Gasteiger partial charge in [0.2, 0.25) is 0 Å². The quantitative estimate of drug-likeness (QED) is 0.865. The second-order valence-corrected chi connectivity index (χ2v) is 7.42. The van der Waals surface area contributed by atoms with Crippen LogP contribution in [0.1, 0.15) is 31.5 Å².